The van der Waals surface area contributed by atoms with Gasteiger partial charge in [-0.1, -0.05) is 6.07 Å². The van der Waals surface area contributed by atoms with Gasteiger partial charge in [-0.15, -0.1) is 13.2 Å². The van der Waals surface area contributed by atoms with Gasteiger partial charge in [0.05, 0.1) is 4.90 Å². The number of hydrogen-bond acceptors (Lipinski definition) is 8. The minimum Gasteiger partial charge on any atom is -0.406 e. The molecule has 0 saturated carbocycles. The standard InChI is InChI=1S/C21H18F6N6O3S/c22-20(23,24)16-13-18(30-17-3-1-2-8-28-17)31-19(29-16)32-9-11-33(12-10-32)37(34,35)15-6-4-14(5-7-15)36-21(25,26)27/h1-8,13H,9-12H2,(H,28,29,30,31). The Hall–Kier alpha value is -3.66. The van der Waals surface area contributed by atoms with E-state index < -0.39 is 34.0 Å². The van der Waals surface area contributed by atoms with E-state index in [4.69, 9.17) is 0 Å². The highest BCUT2D eigenvalue weighted by Gasteiger charge is 2.36. The summed E-state index contributed by atoms with van der Waals surface area (Å²) in [5, 5.41) is 2.69. The molecule has 0 unspecified atom stereocenters. The van der Waals surface area contributed by atoms with Gasteiger partial charge in [0.2, 0.25) is 16.0 Å². The zero-order valence-corrected chi connectivity index (χ0v) is 19.5. The van der Waals surface area contributed by atoms with Gasteiger partial charge in [0, 0.05) is 38.4 Å². The first-order valence-electron chi connectivity index (χ1n) is 10.6. The maximum absolute atomic E-state index is 13.5. The van der Waals surface area contributed by atoms with Crippen LogP contribution in [0.1, 0.15) is 5.69 Å². The Labute approximate surface area is 206 Å². The molecule has 3 heterocycles. The Morgan fingerprint density at radius 2 is 1.54 bits per heavy atom. The summed E-state index contributed by atoms with van der Waals surface area (Å²) in [6, 6.07) is 9.27. The summed E-state index contributed by atoms with van der Waals surface area (Å²) in [5.74, 6) is -0.706. The molecule has 1 fully saturated rings. The van der Waals surface area contributed by atoms with Crippen LogP contribution in [0, 0.1) is 0 Å². The number of ether oxygens (including phenoxy) is 1. The summed E-state index contributed by atoms with van der Waals surface area (Å²) in [6.07, 6.45) is -8.23. The van der Waals surface area contributed by atoms with Gasteiger partial charge >= 0.3 is 12.5 Å². The van der Waals surface area contributed by atoms with Gasteiger partial charge in [0.25, 0.3) is 0 Å². The Kier molecular flexibility index (Phi) is 7.14. The Balaban J connectivity index is 1.49. The molecule has 3 aromatic rings. The summed E-state index contributed by atoms with van der Waals surface area (Å²) in [4.78, 5) is 12.9. The molecular formula is C21H18F6N6O3S. The zero-order valence-electron chi connectivity index (χ0n) is 18.7. The van der Waals surface area contributed by atoms with Crippen molar-refractivity contribution in [3.05, 3.63) is 60.4 Å². The Bertz CT molecular complexity index is 1330. The summed E-state index contributed by atoms with van der Waals surface area (Å²) < 4.78 is 108. The minimum absolute atomic E-state index is 0.0289. The predicted molar refractivity (Wildman–Crippen MR) is 119 cm³/mol. The lowest BCUT2D eigenvalue weighted by molar-refractivity contribution is -0.274. The quantitative estimate of drug-likeness (QED) is 0.461. The maximum Gasteiger partial charge on any atom is 0.573 e. The van der Waals surface area contributed by atoms with Gasteiger partial charge in [0.15, 0.2) is 5.69 Å². The van der Waals surface area contributed by atoms with Crippen molar-refractivity contribution in [2.24, 2.45) is 0 Å². The summed E-state index contributed by atoms with van der Waals surface area (Å²) in [6.45, 7) is -0.296. The van der Waals surface area contributed by atoms with Crippen molar-refractivity contribution in [3.63, 3.8) is 0 Å². The number of nitrogens with zero attached hydrogens (tertiary/aromatic N) is 5. The van der Waals surface area contributed by atoms with Gasteiger partial charge in [0.1, 0.15) is 17.4 Å². The van der Waals surface area contributed by atoms with Crippen LogP contribution in [0.4, 0.5) is 43.9 Å². The van der Waals surface area contributed by atoms with Crippen LogP contribution in [0.25, 0.3) is 0 Å². The largest absolute Gasteiger partial charge is 0.573 e. The number of aromatic nitrogens is 3. The molecular weight excluding hydrogens is 530 g/mol. The number of hydrogen-bond donors (Lipinski definition) is 1. The molecule has 9 nitrogen and oxygen atoms in total. The van der Waals surface area contributed by atoms with E-state index >= 15 is 0 Å². The van der Waals surface area contributed by atoms with Crippen LogP contribution in [0.15, 0.2) is 59.6 Å². The predicted octanol–water partition coefficient (Wildman–Crippen LogP) is 4.04. The lowest BCUT2D eigenvalue weighted by Gasteiger charge is -2.34. The number of sulfonamides is 1. The fraction of sp³-hybridized carbons (Fsp3) is 0.286. The lowest BCUT2D eigenvalue weighted by atomic mass is 10.3. The molecule has 37 heavy (non-hydrogen) atoms. The average Bonchev–Trinajstić information content (AvgIpc) is 2.83. The third-order valence-electron chi connectivity index (χ3n) is 5.14. The number of anilines is 3. The van der Waals surface area contributed by atoms with E-state index in [0.717, 1.165) is 34.6 Å². The van der Waals surface area contributed by atoms with E-state index in [-0.39, 0.29) is 48.7 Å². The number of nitrogens with one attached hydrogen (secondary N) is 1. The molecule has 1 aliphatic heterocycles. The second kappa shape index (κ2) is 10.0. The molecule has 0 aliphatic carbocycles. The summed E-state index contributed by atoms with van der Waals surface area (Å²) in [5.41, 5.74) is -1.19. The Morgan fingerprint density at radius 3 is 2.11 bits per heavy atom. The number of pyridine rings is 1. The van der Waals surface area contributed by atoms with Crippen LogP contribution >= 0.6 is 0 Å². The molecule has 0 amide bonds. The van der Waals surface area contributed by atoms with E-state index in [1.54, 1.807) is 18.2 Å². The smallest absolute Gasteiger partial charge is 0.406 e. The van der Waals surface area contributed by atoms with Crippen molar-refractivity contribution in [1.82, 2.24) is 19.3 Å². The number of alkyl halides is 6. The molecule has 1 N–H and O–H groups in total. The lowest BCUT2D eigenvalue weighted by Crippen LogP contribution is -2.49. The van der Waals surface area contributed by atoms with Crippen LogP contribution in [0.5, 0.6) is 5.75 Å². The normalized spacial score (nSPS) is 15.5. The molecule has 4 rings (SSSR count). The topological polar surface area (TPSA) is 101 Å². The van der Waals surface area contributed by atoms with Crippen LogP contribution < -0.4 is 15.0 Å². The van der Waals surface area contributed by atoms with Crippen LogP contribution in [0.2, 0.25) is 0 Å². The molecule has 2 aromatic heterocycles. The van der Waals surface area contributed by atoms with Crippen molar-refractivity contribution in [3.8, 4) is 5.75 Å². The molecule has 198 valence electrons. The van der Waals surface area contributed by atoms with E-state index in [2.05, 4.69) is 25.0 Å². The number of rotatable bonds is 6. The second-order valence-electron chi connectivity index (χ2n) is 7.69. The molecule has 16 heteroatoms. The third-order valence-corrected chi connectivity index (χ3v) is 7.06. The van der Waals surface area contributed by atoms with Crippen LogP contribution in [-0.4, -0.2) is 60.2 Å². The van der Waals surface area contributed by atoms with E-state index in [0.29, 0.717) is 0 Å². The molecule has 1 aromatic carbocycles. The molecule has 0 bridgehead atoms. The van der Waals surface area contributed by atoms with Crippen molar-refractivity contribution < 1.29 is 39.5 Å². The van der Waals surface area contributed by atoms with Crippen molar-refractivity contribution in [2.75, 3.05) is 36.4 Å². The SMILES string of the molecule is O=S(=O)(c1ccc(OC(F)(F)F)cc1)N1CCN(c2nc(Nc3ccccn3)cc(C(F)(F)F)n2)CC1. The molecule has 0 spiro atoms. The van der Waals surface area contributed by atoms with E-state index in [1.807, 2.05) is 0 Å². The van der Waals surface area contributed by atoms with E-state index in [1.165, 1.54) is 11.1 Å². The van der Waals surface area contributed by atoms with Crippen LogP contribution in [-0.2, 0) is 16.2 Å². The molecule has 1 saturated heterocycles. The molecule has 0 radical (unpaired) electrons. The van der Waals surface area contributed by atoms with Gasteiger partial charge in [-0.2, -0.15) is 22.5 Å². The Morgan fingerprint density at radius 1 is 0.865 bits per heavy atom. The zero-order chi connectivity index (χ0) is 26.8. The van der Waals surface area contributed by atoms with Gasteiger partial charge in [-0.25, -0.2) is 18.4 Å². The first-order valence-corrected chi connectivity index (χ1v) is 12.0. The van der Waals surface area contributed by atoms with Crippen molar-refractivity contribution >= 4 is 27.6 Å². The third kappa shape index (κ3) is 6.56. The highest BCUT2D eigenvalue weighted by molar-refractivity contribution is 7.89. The average molecular weight is 548 g/mol. The fourth-order valence-electron chi connectivity index (χ4n) is 3.44. The number of benzene rings is 1. The minimum atomic E-state index is -4.92. The van der Waals surface area contributed by atoms with Gasteiger partial charge in [-0.3, -0.25) is 0 Å². The van der Waals surface area contributed by atoms with Crippen molar-refractivity contribution in [1.29, 1.82) is 0 Å². The molecule has 1 aliphatic rings. The highest BCUT2D eigenvalue weighted by atomic mass is 32.2. The van der Waals surface area contributed by atoms with Gasteiger partial charge < -0.3 is 15.0 Å². The highest BCUT2D eigenvalue weighted by Crippen LogP contribution is 2.32. The number of piperazine rings is 1. The second-order valence-corrected chi connectivity index (χ2v) is 9.62. The number of halogens is 6. The van der Waals surface area contributed by atoms with E-state index in [9.17, 15) is 34.8 Å². The monoisotopic (exact) mass is 548 g/mol. The first-order chi connectivity index (χ1) is 17.3. The van der Waals surface area contributed by atoms with Crippen molar-refractivity contribution in [2.45, 2.75) is 17.4 Å². The fourth-order valence-corrected chi connectivity index (χ4v) is 4.87. The molecule has 0 atom stereocenters. The summed E-state index contributed by atoms with van der Waals surface area (Å²) >= 11 is 0. The maximum atomic E-state index is 13.5. The first kappa shape index (κ1) is 26.4. The summed E-state index contributed by atoms with van der Waals surface area (Å²) in [7, 11) is -4.08. The van der Waals surface area contributed by atoms with Gasteiger partial charge in [-0.05, 0) is 36.4 Å². The van der Waals surface area contributed by atoms with Crippen LogP contribution in [0.3, 0.4) is 0 Å².